The van der Waals surface area contributed by atoms with Crippen LogP contribution in [0.1, 0.15) is 25.0 Å². The number of rotatable bonds is 2. The first kappa shape index (κ1) is 15.0. The van der Waals surface area contributed by atoms with E-state index >= 15 is 0 Å². The van der Waals surface area contributed by atoms with Crippen molar-refractivity contribution in [2.24, 2.45) is 5.16 Å². The van der Waals surface area contributed by atoms with E-state index in [2.05, 4.69) is 5.16 Å². The summed E-state index contributed by atoms with van der Waals surface area (Å²) >= 11 is 0. The fourth-order valence-electron chi connectivity index (χ4n) is 2.48. The molecule has 23 heavy (non-hydrogen) atoms. The van der Waals surface area contributed by atoms with Crippen molar-refractivity contribution in [2.45, 2.75) is 20.0 Å². The minimum Gasteiger partial charge on any atom is -0.454 e. The third-order valence-corrected chi connectivity index (χ3v) is 3.38. The van der Waals surface area contributed by atoms with Gasteiger partial charge in [0.2, 0.25) is 0 Å². The molecule has 0 amide bonds. The van der Waals surface area contributed by atoms with E-state index in [0.717, 1.165) is 22.3 Å². The molecule has 3 rings (SSSR count). The van der Waals surface area contributed by atoms with Gasteiger partial charge < -0.3 is 9.57 Å². The molecule has 116 valence electrons. The number of hydrogen-bond donors (Lipinski definition) is 0. The molecule has 0 heterocycles. The molecule has 2 aromatic rings. The molecule has 0 saturated heterocycles. The molecule has 0 aromatic heterocycles. The first-order valence-electron chi connectivity index (χ1n) is 7.27. The molecule has 0 spiro atoms. The van der Waals surface area contributed by atoms with E-state index in [1.807, 2.05) is 48.5 Å². The number of ether oxygens (including phenoxy) is 1. The Morgan fingerprint density at radius 2 is 1.30 bits per heavy atom. The Bertz CT molecular complexity index is 761. The number of benzene rings is 2. The smallest absolute Gasteiger partial charge is 0.443 e. The van der Waals surface area contributed by atoms with Crippen molar-refractivity contribution in [3.63, 3.8) is 0 Å². The number of nitrogens with zero attached hydrogens (tertiary/aromatic N) is 1. The van der Waals surface area contributed by atoms with E-state index in [-0.39, 0.29) is 0 Å². The van der Waals surface area contributed by atoms with Gasteiger partial charge in [-0.3, -0.25) is 0 Å². The van der Waals surface area contributed by atoms with Crippen LogP contribution in [0, 0.1) is 0 Å². The molecule has 0 atom stereocenters. The predicted molar refractivity (Wildman–Crippen MR) is 84.8 cm³/mol. The third-order valence-electron chi connectivity index (χ3n) is 3.38. The summed E-state index contributed by atoms with van der Waals surface area (Å²) in [5.41, 5.74) is 4.28. The third kappa shape index (κ3) is 2.85. The Morgan fingerprint density at radius 1 is 0.826 bits per heavy atom. The van der Waals surface area contributed by atoms with Crippen LogP contribution >= 0.6 is 0 Å². The van der Waals surface area contributed by atoms with Crippen LogP contribution in [0.5, 0.6) is 0 Å². The van der Waals surface area contributed by atoms with Gasteiger partial charge in [0.25, 0.3) is 0 Å². The Hall–Kier alpha value is -2.95. The molecular formula is C18H15NO4. The van der Waals surface area contributed by atoms with E-state index in [1.54, 1.807) is 13.8 Å². The number of hydrogen-bond acceptors (Lipinski definition) is 5. The highest BCUT2D eigenvalue weighted by Crippen LogP contribution is 2.36. The maximum absolute atomic E-state index is 11.7. The first-order valence-corrected chi connectivity index (χ1v) is 7.27. The standard InChI is InChI=1S/C18H15NO4/c1-11(2)22-17(20)18(21)23-19-16-14-9-5-3-7-12(14)13-8-4-6-10-15(13)16/h3-11H,1-2H3. The van der Waals surface area contributed by atoms with Crippen molar-refractivity contribution in [3.05, 3.63) is 59.7 Å². The quantitative estimate of drug-likeness (QED) is 0.316. The monoisotopic (exact) mass is 309 g/mol. The highest BCUT2D eigenvalue weighted by molar-refractivity contribution is 6.30. The summed E-state index contributed by atoms with van der Waals surface area (Å²) in [6.07, 6.45) is -0.393. The second kappa shape index (κ2) is 6.04. The van der Waals surface area contributed by atoms with Crippen LogP contribution in [-0.2, 0) is 19.2 Å². The van der Waals surface area contributed by atoms with Gasteiger partial charge in [-0.2, -0.15) is 0 Å². The van der Waals surface area contributed by atoms with Gasteiger partial charge in [-0.05, 0) is 25.0 Å². The molecule has 1 aliphatic rings. The Kier molecular flexibility index (Phi) is 3.93. The number of oxime groups is 1. The fraction of sp³-hybridized carbons (Fsp3) is 0.167. The summed E-state index contributed by atoms with van der Waals surface area (Å²) in [5.74, 6) is -2.18. The number of fused-ring (bicyclic) bond motifs is 3. The maximum Gasteiger partial charge on any atom is 0.443 e. The molecule has 1 aliphatic carbocycles. The van der Waals surface area contributed by atoms with E-state index in [1.165, 1.54) is 0 Å². The van der Waals surface area contributed by atoms with E-state index < -0.39 is 18.0 Å². The molecule has 2 aromatic carbocycles. The van der Waals surface area contributed by atoms with Gasteiger partial charge in [0.15, 0.2) is 0 Å². The van der Waals surface area contributed by atoms with E-state index in [0.29, 0.717) is 5.71 Å². The largest absolute Gasteiger partial charge is 0.454 e. The van der Waals surface area contributed by atoms with Crippen LogP contribution in [0.25, 0.3) is 11.1 Å². The summed E-state index contributed by atoms with van der Waals surface area (Å²) in [4.78, 5) is 27.9. The SMILES string of the molecule is CC(C)OC(=O)C(=O)ON=C1c2ccccc2-c2ccccc21. The summed E-state index contributed by atoms with van der Waals surface area (Å²) in [7, 11) is 0. The lowest BCUT2D eigenvalue weighted by Crippen LogP contribution is -2.22. The Balaban J connectivity index is 1.91. The molecule has 0 fully saturated rings. The van der Waals surface area contributed by atoms with Crippen molar-refractivity contribution in [3.8, 4) is 11.1 Å². The van der Waals surface area contributed by atoms with Gasteiger partial charge in [-0.15, -0.1) is 0 Å². The highest BCUT2D eigenvalue weighted by Gasteiger charge is 2.26. The number of carbonyl (C=O) groups excluding carboxylic acids is 2. The molecule has 5 heteroatoms. The van der Waals surface area contributed by atoms with E-state index in [9.17, 15) is 9.59 Å². The van der Waals surface area contributed by atoms with Crippen LogP contribution in [0.15, 0.2) is 53.7 Å². The predicted octanol–water partition coefficient (Wildman–Crippen LogP) is 2.91. The molecule has 0 unspecified atom stereocenters. The van der Waals surface area contributed by atoms with Crippen LogP contribution in [-0.4, -0.2) is 23.8 Å². The molecule has 0 aliphatic heterocycles. The topological polar surface area (TPSA) is 65.0 Å². The van der Waals surface area contributed by atoms with Gasteiger partial charge in [0.1, 0.15) is 5.71 Å². The number of esters is 1. The molecule has 0 radical (unpaired) electrons. The van der Waals surface area contributed by atoms with Crippen LogP contribution in [0.2, 0.25) is 0 Å². The summed E-state index contributed by atoms with van der Waals surface area (Å²) < 4.78 is 4.78. The minimum atomic E-state index is -1.13. The summed E-state index contributed by atoms with van der Waals surface area (Å²) in [6, 6.07) is 15.4. The number of carbonyl (C=O) groups is 2. The molecule has 0 saturated carbocycles. The van der Waals surface area contributed by atoms with Gasteiger partial charge in [0.05, 0.1) is 6.10 Å². The lowest BCUT2D eigenvalue weighted by Gasteiger charge is -2.05. The van der Waals surface area contributed by atoms with Gasteiger partial charge in [-0.1, -0.05) is 53.7 Å². The van der Waals surface area contributed by atoms with Crippen molar-refractivity contribution >= 4 is 17.7 Å². The molecular weight excluding hydrogens is 294 g/mol. The minimum absolute atomic E-state index is 0.393. The lowest BCUT2D eigenvalue weighted by atomic mass is 10.1. The highest BCUT2D eigenvalue weighted by atomic mass is 16.7. The lowest BCUT2D eigenvalue weighted by molar-refractivity contribution is -0.170. The van der Waals surface area contributed by atoms with Crippen LogP contribution < -0.4 is 0 Å². The zero-order chi connectivity index (χ0) is 16.4. The molecule has 0 bridgehead atoms. The van der Waals surface area contributed by atoms with E-state index in [4.69, 9.17) is 9.57 Å². The molecule has 5 nitrogen and oxygen atoms in total. The van der Waals surface area contributed by atoms with Crippen molar-refractivity contribution < 1.29 is 19.2 Å². The van der Waals surface area contributed by atoms with Crippen LogP contribution in [0.4, 0.5) is 0 Å². The first-order chi connectivity index (χ1) is 11.1. The van der Waals surface area contributed by atoms with Crippen molar-refractivity contribution in [1.29, 1.82) is 0 Å². The zero-order valence-corrected chi connectivity index (χ0v) is 12.8. The Morgan fingerprint density at radius 3 is 1.78 bits per heavy atom. The second-order valence-corrected chi connectivity index (χ2v) is 5.36. The normalized spacial score (nSPS) is 11.7. The van der Waals surface area contributed by atoms with Gasteiger partial charge in [-0.25, -0.2) is 9.59 Å². The maximum atomic E-state index is 11.7. The van der Waals surface area contributed by atoms with Gasteiger partial charge in [0, 0.05) is 11.1 Å². The Labute approximate surface area is 133 Å². The van der Waals surface area contributed by atoms with Crippen LogP contribution in [0.3, 0.4) is 0 Å². The molecule has 0 N–H and O–H groups in total. The average Bonchev–Trinajstić information content (AvgIpc) is 2.86. The van der Waals surface area contributed by atoms with Crippen molar-refractivity contribution in [2.75, 3.05) is 0 Å². The summed E-state index contributed by atoms with van der Waals surface area (Å²) in [6.45, 7) is 3.31. The summed E-state index contributed by atoms with van der Waals surface area (Å²) in [5, 5.41) is 3.90. The zero-order valence-electron chi connectivity index (χ0n) is 12.8. The second-order valence-electron chi connectivity index (χ2n) is 5.36. The van der Waals surface area contributed by atoms with Gasteiger partial charge >= 0.3 is 11.9 Å². The van der Waals surface area contributed by atoms with Crippen molar-refractivity contribution in [1.82, 2.24) is 0 Å². The fourth-order valence-corrected chi connectivity index (χ4v) is 2.48. The average molecular weight is 309 g/mol.